The van der Waals surface area contributed by atoms with Crippen LogP contribution >= 0.6 is 0 Å². The molecule has 3 N–H and O–H groups in total. The number of rotatable bonds is 39. The molecule has 0 spiro atoms. The lowest BCUT2D eigenvalue weighted by Gasteiger charge is -2.43. The maximum atomic E-state index is 13.9. The molecule has 4 rings (SSSR count). The zero-order valence-corrected chi connectivity index (χ0v) is 44.2. The molecule has 1 amide bonds. The summed E-state index contributed by atoms with van der Waals surface area (Å²) in [5, 5.41) is 25.1. The summed E-state index contributed by atoms with van der Waals surface area (Å²) in [4.78, 5) is 54.9. The number of nitrogens with one attached hydrogen (secondary N) is 1. The van der Waals surface area contributed by atoms with Gasteiger partial charge in [-0.25, -0.2) is 14.4 Å². The number of allylic oxidation sites excluding steroid dienone is 1. The fourth-order valence-electron chi connectivity index (χ4n) is 9.14. The van der Waals surface area contributed by atoms with Crippen molar-refractivity contribution in [2.24, 2.45) is 0 Å². The van der Waals surface area contributed by atoms with Crippen molar-refractivity contribution in [3.63, 3.8) is 0 Å². The van der Waals surface area contributed by atoms with Crippen LogP contribution in [0.4, 0.5) is 0 Å². The van der Waals surface area contributed by atoms with Gasteiger partial charge in [-0.1, -0.05) is 216 Å². The highest BCUT2D eigenvalue weighted by atomic mass is 16.7. The highest BCUT2D eigenvalue weighted by molar-refractivity contribution is 5.91. The van der Waals surface area contributed by atoms with E-state index >= 15 is 0 Å². The Hall–Kier alpha value is -4.88. The summed E-state index contributed by atoms with van der Waals surface area (Å²) in [6.07, 6.45) is 24.7. The molecule has 0 bridgehead atoms. The van der Waals surface area contributed by atoms with E-state index in [2.05, 4.69) is 19.2 Å². The first kappa shape index (κ1) is 60.7. The first-order chi connectivity index (χ1) is 35.7. The van der Waals surface area contributed by atoms with Gasteiger partial charge in [0.05, 0.1) is 35.9 Å². The monoisotopic (exact) mass is 1010 g/mol. The summed E-state index contributed by atoms with van der Waals surface area (Å²) >= 11 is 0. The molecule has 12 heteroatoms. The molecule has 12 nitrogen and oxygen atoms in total. The van der Waals surface area contributed by atoms with E-state index in [0.29, 0.717) is 12.0 Å². The van der Waals surface area contributed by atoms with Crippen molar-refractivity contribution in [3.05, 3.63) is 120 Å². The topological polar surface area (TPSA) is 167 Å². The summed E-state index contributed by atoms with van der Waals surface area (Å²) in [5.41, 5.74) is 0.694. The largest absolute Gasteiger partial charge is 0.452 e. The van der Waals surface area contributed by atoms with Crippen LogP contribution in [-0.2, 0) is 28.5 Å². The second-order valence-corrected chi connectivity index (χ2v) is 19.7. The van der Waals surface area contributed by atoms with Gasteiger partial charge >= 0.3 is 17.9 Å². The first-order valence-electron chi connectivity index (χ1n) is 28.1. The molecule has 73 heavy (non-hydrogen) atoms. The molecule has 0 aromatic heterocycles. The summed E-state index contributed by atoms with van der Waals surface area (Å²) in [6, 6.07) is 24.0. The third kappa shape index (κ3) is 24.3. The SMILES string of the molecule is CCCCCCCCCCCCCC=C[C@@H](OC(=O)c1ccccc1)[C@H](CO[C@H]1O[C@H](CO)[C@@H](O)[C@H](OC(=O)c2ccccc2)[C@H]1OC(=O)c1ccccc1)NC(=O)CCCCCCCCCCCCCCC. The molecule has 0 saturated carbocycles. The van der Waals surface area contributed by atoms with Crippen molar-refractivity contribution < 1.29 is 53.1 Å². The fourth-order valence-corrected chi connectivity index (χ4v) is 9.14. The summed E-state index contributed by atoms with van der Waals surface area (Å²) < 4.78 is 30.6. The van der Waals surface area contributed by atoms with Crippen LogP contribution in [-0.4, -0.2) is 90.1 Å². The number of hydrogen-bond donors (Lipinski definition) is 3. The van der Waals surface area contributed by atoms with Crippen molar-refractivity contribution in [1.82, 2.24) is 5.32 Å². The highest BCUT2D eigenvalue weighted by Gasteiger charge is 2.51. The fraction of sp³-hybridized carbons (Fsp3) is 0.607. The normalized spacial score (nSPS) is 18.5. The third-order valence-corrected chi connectivity index (χ3v) is 13.5. The molecule has 1 aliphatic heterocycles. The molecule has 1 aliphatic rings. The highest BCUT2D eigenvalue weighted by Crippen LogP contribution is 2.29. The number of carbonyl (C=O) groups is 4. The van der Waals surface area contributed by atoms with Crippen molar-refractivity contribution in [1.29, 1.82) is 0 Å². The van der Waals surface area contributed by atoms with Crippen molar-refractivity contribution in [2.45, 2.75) is 224 Å². The Morgan fingerprint density at radius 2 is 0.973 bits per heavy atom. The van der Waals surface area contributed by atoms with E-state index in [9.17, 15) is 29.4 Å². The van der Waals surface area contributed by atoms with Crippen LogP contribution in [0, 0.1) is 0 Å². The number of hydrogen-bond acceptors (Lipinski definition) is 11. The number of ether oxygens (including phenoxy) is 5. The average Bonchev–Trinajstić information content (AvgIpc) is 3.41. The Kier molecular flexibility index (Phi) is 31.4. The molecule has 3 aromatic carbocycles. The van der Waals surface area contributed by atoms with Gasteiger partial charge in [0.25, 0.3) is 0 Å². The minimum atomic E-state index is -1.64. The van der Waals surface area contributed by atoms with Crippen LogP contribution in [0.15, 0.2) is 103 Å². The van der Waals surface area contributed by atoms with Crippen LogP contribution < -0.4 is 5.32 Å². The van der Waals surface area contributed by atoms with Crippen molar-refractivity contribution in [2.75, 3.05) is 13.2 Å². The van der Waals surface area contributed by atoms with Crippen LogP contribution in [0.3, 0.4) is 0 Å². The molecule has 0 aliphatic carbocycles. The standard InChI is InChI=1S/C61H89NO11/c1-3-5-7-9-11-13-15-17-19-21-23-25-36-44-52(70-58(66)48-38-30-27-31-39-48)51(62-54(64)45-37-26-24-22-20-18-16-14-12-10-8-6-4-2)47-69-61-57(73-60(68)50-42-34-29-35-43-50)56(55(65)53(46-63)71-61)72-59(67)49-40-32-28-33-41-49/h27-36,38-44,51-53,55-57,61,63,65H,3-26,37,45-47H2,1-2H3,(H,62,64)/t51-,52+,53+,55+,56-,57+,61-/m0/s1. The predicted molar refractivity (Wildman–Crippen MR) is 287 cm³/mol. The lowest BCUT2D eigenvalue weighted by atomic mass is 9.98. The molecule has 1 saturated heterocycles. The van der Waals surface area contributed by atoms with E-state index in [0.717, 1.165) is 44.9 Å². The number of aliphatic hydroxyl groups is 2. The molecule has 1 heterocycles. The van der Waals surface area contributed by atoms with E-state index in [-0.39, 0.29) is 30.1 Å². The smallest absolute Gasteiger partial charge is 0.338 e. The number of unbranched alkanes of at least 4 members (excludes halogenated alkanes) is 23. The molecular formula is C61H89NO11. The summed E-state index contributed by atoms with van der Waals surface area (Å²) in [5.74, 6) is -2.47. The number of benzene rings is 3. The minimum absolute atomic E-state index is 0.182. The summed E-state index contributed by atoms with van der Waals surface area (Å²) in [7, 11) is 0. The Morgan fingerprint density at radius 1 is 0.562 bits per heavy atom. The third-order valence-electron chi connectivity index (χ3n) is 13.5. The number of esters is 3. The lowest BCUT2D eigenvalue weighted by molar-refractivity contribution is -0.300. The predicted octanol–water partition coefficient (Wildman–Crippen LogP) is 13.0. The number of carbonyl (C=O) groups excluding carboxylic acids is 4. The van der Waals surface area contributed by atoms with Crippen LogP contribution in [0.5, 0.6) is 0 Å². The number of amides is 1. The van der Waals surface area contributed by atoms with Crippen LogP contribution in [0.2, 0.25) is 0 Å². The van der Waals surface area contributed by atoms with Gasteiger partial charge < -0.3 is 39.2 Å². The number of aliphatic hydroxyl groups excluding tert-OH is 2. The summed E-state index contributed by atoms with van der Waals surface area (Å²) in [6.45, 7) is 3.45. The Balaban J connectivity index is 1.52. The van der Waals surface area contributed by atoms with Gasteiger partial charge in [-0.2, -0.15) is 0 Å². The maximum absolute atomic E-state index is 13.9. The Labute approximate surface area is 437 Å². The van der Waals surface area contributed by atoms with Gasteiger partial charge in [-0.05, 0) is 61.7 Å². The first-order valence-corrected chi connectivity index (χ1v) is 28.1. The van der Waals surface area contributed by atoms with E-state index in [4.69, 9.17) is 23.7 Å². The van der Waals surface area contributed by atoms with Crippen LogP contribution in [0.1, 0.15) is 212 Å². The molecule has 404 valence electrons. The maximum Gasteiger partial charge on any atom is 0.338 e. The second kappa shape index (κ2) is 37.8. The molecule has 3 aromatic rings. The van der Waals surface area contributed by atoms with Gasteiger partial charge in [0.15, 0.2) is 18.5 Å². The van der Waals surface area contributed by atoms with E-state index in [1.807, 2.05) is 6.08 Å². The Bertz CT molecular complexity index is 1950. The quantitative estimate of drug-likeness (QED) is 0.0215. The lowest BCUT2D eigenvalue weighted by Crippen LogP contribution is -2.62. The van der Waals surface area contributed by atoms with Gasteiger partial charge in [0.1, 0.15) is 18.3 Å². The van der Waals surface area contributed by atoms with E-state index in [1.54, 1.807) is 97.1 Å². The van der Waals surface area contributed by atoms with Crippen LogP contribution in [0.25, 0.3) is 0 Å². The van der Waals surface area contributed by atoms with Crippen molar-refractivity contribution >= 4 is 23.8 Å². The van der Waals surface area contributed by atoms with E-state index < -0.39 is 67.4 Å². The van der Waals surface area contributed by atoms with E-state index in [1.165, 1.54) is 109 Å². The minimum Gasteiger partial charge on any atom is -0.452 e. The molecule has 1 fully saturated rings. The second-order valence-electron chi connectivity index (χ2n) is 19.7. The zero-order valence-electron chi connectivity index (χ0n) is 44.2. The zero-order chi connectivity index (χ0) is 52.1. The van der Waals surface area contributed by atoms with Gasteiger partial charge in [-0.3, -0.25) is 4.79 Å². The molecule has 7 atom stereocenters. The average molecular weight is 1010 g/mol. The van der Waals surface area contributed by atoms with Gasteiger partial charge in [-0.15, -0.1) is 0 Å². The van der Waals surface area contributed by atoms with Gasteiger partial charge in [0.2, 0.25) is 5.91 Å². The molecule has 0 radical (unpaired) electrons. The molecule has 0 unspecified atom stereocenters. The Morgan fingerprint density at radius 3 is 1.42 bits per heavy atom. The molecular weight excluding hydrogens is 923 g/mol. The van der Waals surface area contributed by atoms with Crippen molar-refractivity contribution in [3.8, 4) is 0 Å². The van der Waals surface area contributed by atoms with Gasteiger partial charge in [0, 0.05) is 6.42 Å².